The van der Waals surface area contributed by atoms with Crippen molar-refractivity contribution in [3.05, 3.63) is 78.2 Å². The van der Waals surface area contributed by atoms with Gasteiger partial charge in [-0.1, -0.05) is 30.9 Å². The predicted octanol–water partition coefficient (Wildman–Crippen LogP) is 3.14. The maximum atomic E-state index is 11.4. The lowest BCUT2D eigenvalue weighted by molar-refractivity contribution is 0.100. The molecule has 29 heavy (non-hydrogen) atoms. The van der Waals surface area contributed by atoms with Crippen LogP contribution in [0.2, 0.25) is 0 Å². The third-order valence-corrected chi connectivity index (χ3v) is 5.09. The van der Waals surface area contributed by atoms with Gasteiger partial charge in [-0.25, -0.2) is 0 Å². The van der Waals surface area contributed by atoms with Crippen molar-refractivity contribution in [2.45, 2.75) is 24.8 Å². The number of amides is 1. The number of allylic oxidation sites excluding steroid dienone is 2. The number of hydrogen-bond acceptors (Lipinski definition) is 6. The van der Waals surface area contributed by atoms with Crippen molar-refractivity contribution in [1.82, 2.24) is 10.2 Å². The van der Waals surface area contributed by atoms with Gasteiger partial charge in [-0.2, -0.15) is 0 Å². The van der Waals surface area contributed by atoms with E-state index in [4.69, 9.17) is 16.2 Å². The molecule has 5 N–H and O–H groups in total. The molecule has 1 fully saturated rings. The Kier molecular flexibility index (Phi) is 5.97. The maximum absolute atomic E-state index is 11.4. The molecule has 0 saturated heterocycles. The highest BCUT2D eigenvalue weighted by Crippen LogP contribution is 2.40. The SMILES string of the molecule is C=C(/C=C\C=C(/N)OC)C1(Nc2ccc(-c3cccc(C(N)=O)c3)nn2)CCC1. The molecule has 0 radical (unpaired) electrons. The van der Waals surface area contributed by atoms with Crippen LogP contribution in [0.4, 0.5) is 5.82 Å². The van der Waals surface area contributed by atoms with E-state index in [0.717, 1.165) is 30.4 Å². The molecular formula is C22H25N5O2. The van der Waals surface area contributed by atoms with Gasteiger partial charge in [0.2, 0.25) is 5.91 Å². The third-order valence-electron chi connectivity index (χ3n) is 5.09. The summed E-state index contributed by atoms with van der Waals surface area (Å²) in [6, 6.07) is 10.8. The number of nitrogens with two attached hydrogens (primary N) is 2. The Morgan fingerprint density at radius 1 is 1.24 bits per heavy atom. The van der Waals surface area contributed by atoms with Crippen LogP contribution in [-0.2, 0) is 4.74 Å². The van der Waals surface area contributed by atoms with Gasteiger partial charge in [0.1, 0.15) is 5.82 Å². The van der Waals surface area contributed by atoms with Gasteiger partial charge in [-0.05, 0) is 55.2 Å². The van der Waals surface area contributed by atoms with Crippen LogP contribution in [0.1, 0.15) is 29.6 Å². The molecule has 1 heterocycles. The Morgan fingerprint density at radius 2 is 2.03 bits per heavy atom. The van der Waals surface area contributed by atoms with Gasteiger partial charge < -0.3 is 21.5 Å². The molecule has 0 atom stereocenters. The number of nitrogens with zero attached hydrogens (tertiary/aromatic N) is 2. The van der Waals surface area contributed by atoms with Crippen LogP contribution >= 0.6 is 0 Å². The Morgan fingerprint density at radius 3 is 2.62 bits per heavy atom. The van der Waals surface area contributed by atoms with Gasteiger partial charge in [0, 0.05) is 11.1 Å². The van der Waals surface area contributed by atoms with Crippen molar-refractivity contribution in [2.75, 3.05) is 12.4 Å². The summed E-state index contributed by atoms with van der Waals surface area (Å²) < 4.78 is 4.92. The summed E-state index contributed by atoms with van der Waals surface area (Å²) in [5.74, 6) is 0.534. The second-order valence-electron chi connectivity index (χ2n) is 6.97. The van der Waals surface area contributed by atoms with Crippen LogP contribution in [0.25, 0.3) is 11.3 Å². The lowest BCUT2D eigenvalue weighted by Crippen LogP contribution is -2.46. The summed E-state index contributed by atoms with van der Waals surface area (Å²) in [6.45, 7) is 4.21. The van der Waals surface area contributed by atoms with Crippen molar-refractivity contribution in [1.29, 1.82) is 0 Å². The summed E-state index contributed by atoms with van der Waals surface area (Å²) in [4.78, 5) is 11.4. The zero-order valence-corrected chi connectivity index (χ0v) is 16.4. The van der Waals surface area contributed by atoms with Crippen LogP contribution in [-0.4, -0.2) is 28.8 Å². The molecule has 3 rings (SSSR count). The standard InChI is InChI=1S/C22H25N5O2/c1-15(6-3-9-19(23)29-2)22(12-5-13-22)25-20-11-10-18(26-27-20)16-7-4-8-17(14-16)21(24)28/h3-4,6-11,14H,1,5,12-13,23H2,2H3,(H2,24,28)(H,25,27)/b6-3-,19-9+. The lowest BCUT2D eigenvalue weighted by Gasteiger charge is -2.43. The topological polar surface area (TPSA) is 116 Å². The van der Waals surface area contributed by atoms with Crippen LogP contribution in [0.15, 0.2) is 72.7 Å². The van der Waals surface area contributed by atoms with E-state index in [1.165, 1.54) is 7.11 Å². The fourth-order valence-electron chi connectivity index (χ4n) is 3.17. The van der Waals surface area contributed by atoms with Crippen molar-refractivity contribution >= 4 is 11.7 Å². The van der Waals surface area contributed by atoms with Crippen molar-refractivity contribution in [2.24, 2.45) is 11.5 Å². The van der Waals surface area contributed by atoms with E-state index < -0.39 is 5.91 Å². The predicted molar refractivity (Wildman–Crippen MR) is 114 cm³/mol. The smallest absolute Gasteiger partial charge is 0.248 e. The van der Waals surface area contributed by atoms with E-state index in [9.17, 15) is 4.79 Å². The molecule has 1 aromatic carbocycles. The molecule has 7 nitrogen and oxygen atoms in total. The minimum Gasteiger partial charge on any atom is -0.483 e. The minimum atomic E-state index is -0.473. The van der Waals surface area contributed by atoms with E-state index >= 15 is 0 Å². The van der Waals surface area contributed by atoms with E-state index in [2.05, 4.69) is 22.1 Å². The highest BCUT2D eigenvalue weighted by atomic mass is 16.5. The number of methoxy groups -OCH3 is 1. The maximum Gasteiger partial charge on any atom is 0.248 e. The van der Waals surface area contributed by atoms with Gasteiger partial charge in [0.25, 0.3) is 0 Å². The number of hydrogen-bond donors (Lipinski definition) is 3. The number of carbonyl (C=O) groups excluding carboxylic acids is 1. The number of nitrogens with one attached hydrogen (secondary N) is 1. The number of primary amides is 1. The molecule has 1 amide bonds. The van der Waals surface area contributed by atoms with E-state index in [1.807, 2.05) is 30.4 Å². The number of benzene rings is 1. The van der Waals surface area contributed by atoms with Crippen molar-refractivity contribution in [3.63, 3.8) is 0 Å². The molecule has 1 saturated carbocycles. The molecule has 0 unspecified atom stereocenters. The minimum absolute atomic E-state index is 0.242. The van der Waals surface area contributed by atoms with Gasteiger partial charge in [0.15, 0.2) is 5.88 Å². The molecule has 1 aromatic heterocycles. The molecule has 0 aliphatic heterocycles. The fraction of sp³-hybridized carbons (Fsp3) is 0.227. The zero-order chi connectivity index (χ0) is 20.9. The van der Waals surface area contributed by atoms with Crippen LogP contribution in [0, 0.1) is 0 Å². The van der Waals surface area contributed by atoms with Crippen LogP contribution in [0.5, 0.6) is 0 Å². The van der Waals surface area contributed by atoms with Gasteiger partial charge in [-0.15, -0.1) is 10.2 Å². The second-order valence-corrected chi connectivity index (χ2v) is 6.97. The summed E-state index contributed by atoms with van der Waals surface area (Å²) >= 11 is 0. The average Bonchev–Trinajstić information content (AvgIpc) is 2.71. The highest BCUT2D eigenvalue weighted by Gasteiger charge is 2.38. The largest absolute Gasteiger partial charge is 0.483 e. The van der Waals surface area contributed by atoms with Crippen LogP contribution < -0.4 is 16.8 Å². The molecule has 0 bridgehead atoms. The molecular weight excluding hydrogens is 366 g/mol. The fourth-order valence-corrected chi connectivity index (χ4v) is 3.17. The summed E-state index contributed by atoms with van der Waals surface area (Å²) in [7, 11) is 1.52. The van der Waals surface area contributed by atoms with Gasteiger partial charge in [0.05, 0.1) is 18.3 Å². The molecule has 0 spiro atoms. The molecule has 1 aliphatic rings. The number of ether oxygens (including phenoxy) is 1. The van der Waals surface area contributed by atoms with E-state index in [1.54, 1.807) is 24.3 Å². The molecule has 150 valence electrons. The van der Waals surface area contributed by atoms with E-state index in [-0.39, 0.29) is 5.54 Å². The normalized spacial score (nSPS) is 15.6. The van der Waals surface area contributed by atoms with Crippen LogP contribution in [0.3, 0.4) is 0 Å². The lowest BCUT2D eigenvalue weighted by atomic mass is 9.71. The first kappa shape index (κ1) is 20.1. The summed E-state index contributed by atoms with van der Waals surface area (Å²) in [5.41, 5.74) is 13.6. The van der Waals surface area contributed by atoms with E-state index in [0.29, 0.717) is 23.0 Å². The Bertz CT molecular complexity index is 959. The Labute approximate surface area is 170 Å². The van der Waals surface area contributed by atoms with Gasteiger partial charge >= 0.3 is 0 Å². The Balaban J connectivity index is 1.73. The quantitative estimate of drug-likeness (QED) is 0.470. The van der Waals surface area contributed by atoms with Gasteiger partial charge in [-0.3, -0.25) is 4.79 Å². The Hall–Kier alpha value is -3.61. The first-order valence-electron chi connectivity index (χ1n) is 9.33. The molecule has 1 aliphatic carbocycles. The number of anilines is 1. The number of aromatic nitrogens is 2. The first-order valence-corrected chi connectivity index (χ1v) is 9.33. The number of rotatable bonds is 8. The monoisotopic (exact) mass is 391 g/mol. The van der Waals surface area contributed by atoms with Crippen molar-refractivity contribution < 1.29 is 9.53 Å². The summed E-state index contributed by atoms with van der Waals surface area (Å²) in [6.07, 6.45) is 8.47. The average molecular weight is 391 g/mol. The number of carbonyl (C=O) groups is 1. The highest BCUT2D eigenvalue weighted by molar-refractivity contribution is 5.93. The molecule has 2 aromatic rings. The summed E-state index contributed by atoms with van der Waals surface area (Å²) in [5, 5.41) is 12.1. The zero-order valence-electron chi connectivity index (χ0n) is 16.4. The third kappa shape index (κ3) is 4.63. The second kappa shape index (κ2) is 8.60. The molecule has 7 heteroatoms. The first-order chi connectivity index (χ1) is 13.9. The van der Waals surface area contributed by atoms with Crippen molar-refractivity contribution in [3.8, 4) is 11.3 Å².